The number of hydrogen-bond donors (Lipinski definition) is 1. The minimum absolute atomic E-state index is 0.272. The van der Waals surface area contributed by atoms with Gasteiger partial charge in [-0.25, -0.2) is 0 Å². The average molecular weight is 240 g/mol. The Balaban J connectivity index is 5.14. The van der Waals surface area contributed by atoms with Crippen molar-refractivity contribution in [1.82, 2.24) is 10.2 Å². The highest BCUT2D eigenvalue weighted by molar-refractivity contribution is 5.00. The second-order valence-electron chi connectivity index (χ2n) is 4.62. The molecule has 1 unspecified atom stereocenters. The van der Waals surface area contributed by atoms with Crippen LogP contribution in [0.4, 0.5) is 0 Å². The number of likely N-dealkylation sites (N-methyl/N-ethyl adjacent to an activating group) is 2. The molecule has 2 nitrogen and oxygen atoms in total. The second-order valence-corrected chi connectivity index (χ2v) is 4.62. The maximum absolute atomic E-state index is 3.92. The average Bonchev–Trinajstić information content (AvgIpc) is 2.36. The molecule has 0 amide bonds. The zero-order chi connectivity index (χ0) is 13.3. The number of nitrogens with zero attached hydrogens (tertiary/aromatic N) is 1. The third kappa shape index (κ3) is 3.82. The van der Waals surface area contributed by atoms with Gasteiger partial charge in [-0.1, -0.05) is 40.7 Å². The minimum atomic E-state index is 0.272. The van der Waals surface area contributed by atoms with Crippen LogP contribution in [0, 0.1) is 0 Å². The van der Waals surface area contributed by atoms with Crippen molar-refractivity contribution in [1.29, 1.82) is 0 Å². The lowest BCUT2D eigenvalue weighted by molar-refractivity contribution is 0.0507. The molecule has 0 spiro atoms. The first-order valence-electron chi connectivity index (χ1n) is 7.25. The lowest BCUT2D eigenvalue weighted by atomic mass is 9.80. The molecule has 0 fully saturated rings. The molecule has 0 aromatic carbocycles. The van der Waals surface area contributed by atoms with Gasteiger partial charge in [-0.05, 0) is 38.9 Å². The number of hydrogen-bond acceptors (Lipinski definition) is 2. The van der Waals surface area contributed by atoms with Gasteiger partial charge in [-0.3, -0.25) is 4.90 Å². The quantitative estimate of drug-likeness (QED) is 0.588. The van der Waals surface area contributed by atoms with Gasteiger partial charge in [0.05, 0.1) is 0 Å². The lowest BCUT2D eigenvalue weighted by Crippen LogP contribution is -2.60. The van der Waals surface area contributed by atoms with Crippen LogP contribution in [0.1, 0.15) is 53.9 Å². The molecule has 0 aliphatic rings. The molecule has 0 aromatic rings. The van der Waals surface area contributed by atoms with Crippen LogP contribution in [0.5, 0.6) is 0 Å². The van der Waals surface area contributed by atoms with Crippen LogP contribution in [-0.4, -0.2) is 36.1 Å². The first-order chi connectivity index (χ1) is 8.16. The van der Waals surface area contributed by atoms with Gasteiger partial charge in [0.25, 0.3) is 0 Å². The van der Waals surface area contributed by atoms with Crippen molar-refractivity contribution < 1.29 is 0 Å². The van der Waals surface area contributed by atoms with Gasteiger partial charge in [0.15, 0.2) is 0 Å². The molecule has 0 aliphatic heterocycles. The van der Waals surface area contributed by atoms with Crippen molar-refractivity contribution in [2.24, 2.45) is 0 Å². The Kier molecular flexibility index (Phi) is 8.53. The highest BCUT2D eigenvalue weighted by Gasteiger charge is 2.38. The van der Waals surface area contributed by atoms with Crippen LogP contribution in [0.2, 0.25) is 0 Å². The third-order valence-electron chi connectivity index (χ3n) is 4.12. The summed E-state index contributed by atoms with van der Waals surface area (Å²) in [6, 6.07) is 0.514. The molecule has 0 saturated heterocycles. The number of nitrogens with one attached hydrogen (secondary N) is 1. The Morgan fingerprint density at radius 1 is 1.12 bits per heavy atom. The Bertz CT molecular complexity index is 193. The highest BCUT2D eigenvalue weighted by Crippen LogP contribution is 2.29. The van der Waals surface area contributed by atoms with Gasteiger partial charge in [0, 0.05) is 11.6 Å². The van der Waals surface area contributed by atoms with E-state index in [1.165, 1.54) is 12.8 Å². The summed E-state index contributed by atoms with van der Waals surface area (Å²) in [5.41, 5.74) is 0.272. The summed E-state index contributed by atoms with van der Waals surface area (Å²) in [5, 5.41) is 3.66. The monoisotopic (exact) mass is 240 g/mol. The third-order valence-corrected chi connectivity index (χ3v) is 4.12. The van der Waals surface area contributed by atoms with Gasteiger partial charge >= 0.3 is 0 Å². The first-order valence-corrected chi connectivity index (χ1v) is 7.25. The smallest absolute Gasteiger partial charge is 0.0360 e. The molecule has 0 aliphatic carbocycles. The highest BCUT2D eigenvalue weighted by atomic mass is 15.2. The van der Waals surface area contributed by atoms with Crippen LogP contribution in [0.3, 0.4) is 0 Å². The molecule has 0 heterocycles. The topological polar surface area (TPSA) is 15.3 Å². The van der Waals surface area contributed by atoms with Crippen LogP contribution in [-0.2, 0) is 0 Å². The summed E-state index contributed by atoms with van der Waals surface area (Å²) >= 11 is 0. The molecule has 1 N–H and O–H groups in total. The van der Waals surface area contributed by atoms with Crippen LogP contribution in [0.15, 0.2) is 12.7 Å². The van der Waals surface area contributed by atoms with E-state index < -0.39 is 0 Å². The Hall–Kier alpha value is -0.340. The molecule has 102 valence electrons. The molecule has 2 heteroatoms. The molecular weight excluding hydrogens is 208 g/mol. The predicted molar refractivity (Wildman–Crippen MR) is 78.5 cm³/mol. The molecule has 17 heavy (non-hydrogen) atoms. The molecule has 0 bridgehead atoms. The van der Waals surface area contributed by atoms with Gasteiger partial charge < -0.3 is 5.32 Å². The van der Waals surface area contributed by atoms with E-state index >= 15 is 0 Å². The Morgan fingerprint density at radius 2 is 1.65 bits per heavy atom. The summed E-state index contributed by atoms with van der Waals surface area (Å²) in [7, 11) is 0. The molecule has 1 atom stereocenters. The zero-order valence-electron chi connectivity index (χ0n) is 12.6. The van der Waals surface area contributed by atoms with Crippen molar-refractivity contribution in [3.8, 4) is 0 Å². The van der Waals surface area contributed by atoms with Crippen molar-refractivity contribution in [3.63, 3.8) is 0 Å². The Labute approximate surface area is 108 Å². The maximum Gasteiger partial charge on any atom is 0.0360 e. The molecule has 0 radical (unpaired) electrons. The summed E-state index contributed by atoms with van der Waals surface area (Å²) in [6.07, 6.45) is 5.48. The summed E-state index contributed by atoms with van der Waals surface area (Å²) in [6.45, 7) is 18.5. The van der Waals surface area contributed by atoms with Crippen molar-refractivity contribution in [2.75, 3.05) is 19.6 Å². The van der Waals surface area contributed by atoms with Crippen LogP contribution >= 0.6 is 0 Å². The normalized spacial score (nSPS) is 14.0. The molecule has 0 aromatic heterocycles. The molecular formula is C15H32N2. The van der Waals surface area contributed by atoms with Crippen molar-refractivity contribution in [3.05, 3.63) is 12.7 Å². The van der Waals surface area contributed by atoms with E-state index in [9.17, 15) is 0 Å². The predicted octanol–water partition coefficient (Wildman–Crippen LogP) is 3.44. The summed E-state index contributed by atoms with van der Waals surface area (Å²) in [4.78, 5) is 2.61. The lowest BCUT2D eigenvalue weighted by Gasteiger charge is -2.48. The van der Waals surface area contributed by atoms with Crippen molar-refractivity contribution in [2.45, 2.75) is 65.5 Å². The van der Waals surface area contributed by atoms with E-state index in [1.54, 1.807) is 0 Å². The SMILES string of the molecule is C=CCC(NCC)C(CC)(CC)N(CC)CC. The largest absolute Gasteiger partial charge is 0.312 e. The van der Waals surface area contributed by atoms with E-state index in [4.69, 9.17) is 0 Å². The van der Waals surface area contributed by atoms with Gasteiger partial charge in [0.2, 0.25) is 0 Å². The fraction of sp³-hybridized carbons (Fsp3) is 0.867. The second kappa shape index (κ2) is 8.71. The standard InChI is InChI=1S/C15H32N2/c1-7-13-14(16-10-4)15(8-2,9-3)17(11-5)12-6/h7,14,16H,1,8-13H2,2-6H3. The van der Waals surface area contributed by atoms with E-state index in [2.05, 4.69) is 57.5 Å². The first kappa shape index (κ1) is 16.7. The van der Waals surface area contributed by atoms with Gasteiger partial charge in [-0.15, -0.1) is 6.58 Å². The molecule has 0 saturated carbocycles. The van der Waals surface area contributed by atoms with E-state index in [-0.39, 0.29) is 5.54 Å². The Morgan fingerprint density at radius 3 is 1.94 bits per heavy atom. The minimum Gasteiger partial charge on any atom is -0.312 e. The van der Waals surface area contributed by atoms with Crippen molar-refractivity contribution >= 4 is 0 Å². The van der Waals surface area contributed by atoms with Crippen LogP contribution in [0.25, 0.3) is 0 Å². The molecule has 0 rings (SSSR count). The summed E-state index contributed by atoms with van der Waals surface area (Å²) in [5.74, 6) is 0. The fourth-order valence-corrected chi connectivity index (χ4v) is 3.17. The summed E-state index contributed by atoms with van der Waals surface area (Å²) < 4.78 is 0. The zero-order valence-corrected chi connectivity index (χ0v) is 12.6. The number of rotatable bonds is 10. The van der Waals surface area contributed by atoms with Crippen LogP contribution < -0.4 is 5.32 Å². The van der Waals surface area contributed by atoms with E-state index in [0.29, 0.717) is 6.04 Å². The van der Waals surface area contributed by atoms with Gasteiger partial charge in [0.1, 0.15) is 0 Å². The maximum atomic E-state index is 3.92. The van der Waals surface area contributed by atoms with E-state index in [0.717, 1.165) is 26.1 Å². The van der Waals surface area contributed by atoms with E-state index in [1.807, 2.05) is 0 Å². The van der Waals surface area contributed by atoms with Gasteiger partial charge in [-0.2, -0.15) is 0 Å². The fourth-order valence-electron chi connectivity index (χ4n) is 3.17.